The van der Waals surface area contributed by atoms with E-state index < -0.39 is 6.10 Å². The highest BCUT2D eigenvalue weighted by Crippen LogP contribution is 2.34. The predicted molar refractivity (Wildman–Crippen MR) is 131 cm³/mol. The fraction of sp³-hybridized carbons (Fsp3) is 0.423. The molecular formula is C26H32N2O5S. The Bertz CT molecular complexity index is 1030. The van der Waals surface area contributed by atoms with Gasteiger partial charge in [0.1, 0.15) is 18.1 Å². The second kappa shape index (κ2) is 11.7. The molecule has 1 aliphatic rings. The molecule has 34 heavy (non-hydrogen) atoms. The van der Waals surface area contributed by atoms with E-state index in [-0.39, 0.29) is 25.1 Å². The number of hydrogen-bond donors (Lipinski definition) is 1. The standard InChI is InChI=1S/C26H32N2O5S/c1-19-5-7-21(8-6-19)33-18-24-23-10-13-34-25(23)9-11-28(24)26(30)16-27(14-20(29)17-31-2)15-22-4-3-12-32-22/h3-8,10,12-13,20,24,29H,9,11,14-18H2,1-2H3/t20-,24+/m0/s1. The number of methoxy groups -OCH3 is 1. The number of carbonyl (C=O) groups excluding carboxylic acids is 1. The summed E-state index contributed by atoms with van der Waals surface area (Å²) in [6.07, 6.45) is 1.75. The van der Waals surface area contributed by atoms with Gasteiger partial charge in [-0.3, -0.25) is 9.69 Å². The molecule has 0 saturated heterocycles. The predicted octanol–water partition coefficient (Wildman–Crippen LogP) is 3.66. The monoisotopic (exact) mass is 484 g/mol. The van der Waals surface area contributed by atoms with Crippen molar-refractivity contribution in [3.8, 4) is 5.75 Å². The lowest BCUT2D eigenvalue weighted by atomic mass is 10.0. The van der Waals surface area contributed by atoms with Crippen LogP contribution in [0, 0.1) is 6.92 Å². The summed E-state index contributed by atoms with van der Waals surface area (Å²) in [4.78, 5) is 18.7. The molecule has 3 heterocycles. The molecule has 1 N–H and O–H groups in total. The molecule has 2 atom stereocenters. The van der Waals surface area contributed by atoms with Crippen molar-refractivity contribution < 1.29 is 23.8 Å². The highest BCUT2D eigenvalue weighted by molar-refractivity contribution is 7.10. The molecule has 7 nitrogen and oxygen atoms in total. The number of fused-ring (bicyclic) bond motifs is 1. The van der Waals surface area contributed by atoms with Crippen LogP contribution in [0.1, 0.15) is 27.8 Å². The minimum atomic E-state index is -0.696. The Morgan fingerprint density at radius 2 is 2.12 bits per heavy atom. The van der Waals surface area contributed by atoms with Gasteiger partial charge in [0.05, 0.1) is 38.1 Å². The number of benzene rings is 1. The van der Waals surface area contributed by atoms with E-state index >= 15 is 0 Å². The van der Waals surface area contributed by atoms with E-state index in [1.807, 2.05) is 53.1 Å². The van der Waals surface area contributed by atoms with Crippen LogP contribution in [0.2, 0.25) is 0 Å². The fourth-order valence-electron chi connectivity index (χ4n) is 4.32. The summed E-state index contributed by atoms with van der Waals surface area (Å²) in [7, 11) is 1.55. The molecule has 0 radical (unpaired) electrons. The van der Waals surface area contributed by atoms with Gasteiger partial charge in [-0.1, -0.05) is 17.7 Å². The minimum Gasteiger partial charge on any atom is -0.491 e. The Kier molecular flexibility index (Phi) is 8.39. The summed E-state index contributed by atoms with van der Waals surface area (Å²) >= 11 is 1.73. The van der Waals surface area contributed by atoms with Crippen molar-refractivity contribution in [1.82, 2.24) is 9.80 Å². The summed E-state index contributed by atoms with van der Waals surface area (Å²) in [5.74, 6) is 1.54. The number of aliphatic hydroxyl groups is 1. The van der Waals surface area contributed by atoms with Gasteiger partial charge in [0.25, 0.3) is 0 Å². The molecule has 1 amide bonds. The van der Waals surface area contributed by atoms with Gasteiger partial charge < -0.3 is 23.9 Å². The van der Waals surface area contributed by atoms with Crippen molar-refractivity contribution in [2.24, 2.45) is 0 Å². The molecule has 0 saturated carbocycles. The molecule has 0 aliphatic carbocycles. The molecule has 0 bridgehead atoms. The molecule has 0 fully saturated rings. The van der Waals surface area contributed by atoms with Gasteiger partial charge in [0.2, 0.25) is 5.91 Å². The lowest BCUT2D eigenvalue weighted by molar-refractivity contribution is -0.136. The zero-order chi connectivity index (χ0) is 23.9. The van der Waals surface area contributed by atoms with Crippen LogP contribution in [0.5, 0.6) is 5.75 Å². The van der Waals surface area contributed by atoms with Crippen LogP contribution in [0.3, 0.4) is 0 Å². The average molecular weight is 485 g/mol. The van der Waals surface area contributed by atoms with Gasteiger partial charge >= 0.3 is 0 Å². The van der Waals surface area contributed by atoms with Gasteiger partial charge in [0, 0.05) is 25.1 Å². The molecule has 0 unspecified atom stereocenters. The first-order valence-corrected chi connectivity index (χ1v) is 12.4. The van der Waals surface area contributed by atoms with Crippen LogP contribution < -0.4 is 4.74 Å². The number of hydrogen-bond acceptors (Lipinski definition) is 7. The summed E-state index contributed by atoms with van der Waals surface area (Å²) in [6, 6.07) is 13.6. The second-order valence-corrected chi connectivity index (χ2v) is 9.63. The van der Waals surface area contributed by atoms with E-state index in [2.05, 4.69) is 11.4 Å². The maximum atomic E-state index is 13.6. The molecule has 2 aromatic heterocycles. The van der Waals surface area contributed by atoms with Crippen LogP contribution in [-0.4, -0.2) is 66.9 Å². The number of aryl methyl sites for hydroxylation is 1. The third kappa shape index (κ3) is 6.27. The van der Waals surface area contributed by atoms with E-state index in [0.717, 1.165) is 23.5 Å². The lowest BCUT2D eigenvalue weighted by Crippen LogP contribution is -2.47. The van der Waals surface area contributed by atoms with Crippen LogP contribution >= 0.6 is 11.3 Å². The number of furan rings is 1. The number of ether oxygens (including phenoxy) is 2. The van der Waals surface area contributed by atoms with Crippen LogP contribution in [-0.2, 0) is 22.5 Å². The Morgan fingerprint density at radius 1 is 1.29 bits per heavy atom. The van der Waals surface area contributed by atoms with Gasteiger partial charge in [0.15, 0.2) is 0 Å². The zero-order valence-electron chi connectivity index (χ0n) is 19.7. The van der Waals surface area contributed by atoms with E-state index in [1.165, 1.54) is 10.4 Å². The van der Waals surface area contributed by atoms with Crippen molar-refractivity contribution in [1.29, 1.82) is 0 Å². The lowest BCUT2D eigenvalue weighted by Gasteiger charge is -2.37. The molecule has 4 rings (SSSR count). The van der Waals surface area contributed by atoms with E-state index in [1.54, 1.807) is 24.7 Å². The molecule has 8 heteroatoms. The van der Waals surface area contributed by atoms with Gasteiger partial charge in [-0.05, 0) is 54.6 Å². The Balaban J connectivity index is 1.48. The summed E-state index contributed by atoms with van der Waals surface area (Å²) < 4.78 is 16.7. The summed E-state index contributed by atoms with van der Waals surface area (Å²) in [5.41, 5.74) is 2.34. The molecule has 1 aliphatic heterocycles. The summed E-state index contributed by atoms with van der Waals surface area (Å²) in [5, 5.41) is 12.4. The number of amides is 1. The van der Waals surface area contributed by atoms with E-state index in [4.69, 9.17) is 13.9 Å². The van der Waals surface area contributed by atoms with Crippen molar-refractivity contribution in [2.45, 2.75) is 32.0 Å². The maximum Gasteiger partial charge on any atom is 0.237 e. The largest absolute Gasteiger partial charge is 0.491 e. The molecule has 3 aromatic rings. The smallest absolute Gasteiger partial charge is 0.237 e. The van der Waals surface area contributed by atoms with Gasteiger partial charge in [-0.2, -0.15) is 0 Å². The van der Waals surface area contributed by atoms with Crippen molar-refractivity contribution in [3.05, 3.63) is 75.9 Å². The van der Waals surface area contributed by atoms with E-state index in [9.17, 15) is 9.90 Å². The van der Waals surface area contributed by atoms with Gasteiger partial charge in [-0.15, -0.1) is 11.3 Å². The van der Waals surface area contributed by atoms with Crippen molar-refractivity contribution in [3.63, 3.8) is 0 Å². The molecule has 0 spiro atoms. The van der Waals surface area contributed by atoms with Crippen molar-refractivity contribution in [2.75, 3.05) is 40.0 Å². The Labute approximate surface area is 204 Å². The minimum absolute atomic E-state index is 0.00512. The number of thiophene rings is 1. The first-order chi connectivity index (χ1) is 16.5. The quantitative estimate of drug-likeness (QED) is 0.448. The normalized spacial score (nSPS) is 16.5. The first kappa shape index (κ1) is 24.5. The second-order valence-electron chi connectivity index (χ2n) is 8.63. The van der Waals surface area contributed by atoms with Crippen LogP contribution in [0.25, 0.3) is 0 Å². The molecular weight excluding hydrogens is 452 g/mol. The average Bonchev–Trinajstić information content (AvgIpc) is 3.50. The van der Waals surface area contributed by atoms with Crippen LogP contribution in [0.15, 0.2) is 58.5 Å². The van der Waals surface area contributed by atoms with E-state index in [0.29, 0.717) is 26.2 Å². The SMILES string of the molecule is COC[C@@H](O)CN(CC(=O)N1CCc2sccc2[C@H]1COc1ccc(C)cc1)Cc1ccco1. The topological polar surface area (TPSA) is 75.4 Å². The van der Waals surface area contributed by atoms with Crippen molar-refractivity contribution >= 4 is 17.2 Å². The number of nitrogens with zero attached hydrogens (tertiary/aromatic N) is 2. The number of rotatable bonds is 11. The first-order valence-electron chi connectivity index (χ1n) is 11.5. The number of aliphatic hydroxyl groups excluding tert-OH is 1. The number of carbonyl (C=O) groups is 1. The Morgan fingerprint density at radius 3 is 2.85 bits per heavy atom. The maximum absolute atomic E-state index is 13.6. The highest BCUT2D eigenvalue weighted by atomic mass is 32.1. The Hall–Kier alpha value is -2.65. The fourth-order valence-corrected chi connectivity index (χ4v) is 5.25. The third-order valence-corrected chi connectivity index (χ3v) is 6.99. The molecule has 1 aromatic carbocycles. The molecule has 182 valence electrons. The van der Waals surface area contributed by atoms with Gasteiger partial charge in [-0.25, -0.2) is 0 Å². The third-order valence-electron chi connectivity index (χ3n) is 5.99. The van der Waals surface area contributed by atoms with Crippen LogP contribution in [0.4, 0.5) is 0 Å². The zero-order valence-corrected chi connectivity index (χ0v) is 20.5. The summed E-state index contributed by atoms with van der Waals surface area (Å²) in [6.45, 7) is 4.19. The highest BCUT2D eigenvalue weighted by Gasteiger charge is 2.33.